The molecule has 2 aliphatic rings. The molecule has 0 bridgehead atoms. The molecule has 2 aliphatic heterocycles. The van der Waals surface area contributed by atoms with E-state index in [0.717, 1.165) is 38.1 Å². The summed E-state index contributed by atoms with van der Waals surface area (Å²) in [6.07, 6.45) is 9.74. The maximum atomic E-state index is 12.6. The highest BCUT2D eigenvalue weighted by atomic mass is 16.5. The van der Waals surface area contributed by atoms with Crippen molar-refractivity contribution in [1.29, 1.82) is 0 Å². The Hall–Kier alpha value is -2.12. The number of ether oxygens (including phenoxy) is 2. The lowest BCUT2D eigenvalue weighted by molar-refractivity contribution is -0.0397. The first-order chi connectivity index (χ1) is 12.8. The standard InChI is InChI=1S/C19H25N3O4/c23-19(18-4-3-16(26-18)12-21-10-7-20-14-21)22-8-5-15(6-9-22)25-13-17-2-1-11-24-17/h3-4,7,10,14-15,17H,1-2,5-6,8-9,11-13H2. The summed E-state index contributed by atoms with van der Waals surface area (Å²) in [5.74, 6) is 1.11. The zero-order valence-corrected chi connectivity index (χ0v) is 14.9. The number of amides is 1. The second-order valence-electron chi connectivity index (χ2n) is 6.96. The van der Waals surface area contributed by atoms with Gasteiger partial charge in [-0.3, -0.25) is 4.79 Å². The zero-order chi connectivity index (χ0) is 17.8. The summed E-state index contributed by atoms with van der Waals surface area (Å²) in [5.41, 5.74) is 0. The van der Waals surface area contributed by atoms with E-state index < -0.39 is 0 Å². The van der Waals surface area contributed by atoms with Gasteiger partial charge in [-0.1, -0.05) is 0 Å². The number of hydrogen-bond donors (Lipinski definition) is 0. The van der Waals surface area contributed by atoms with Crippen LogP contribution >= 0.6 is 0 Å². The largest absolute Gasteiger partial charge is 0.454 e. The third-order valence-corrected chi connectivity index (χ3v) is 5.04. The van der Waals surface area contributed by atoms with Crippen LogP contribution < -0.4 is 0 Å². The van der Waals surface area contributed by atoms with E-state index in [2.05, 4.69) is 4.98 Å². The topological polar surface area (TPSA) is 69.7 Å². The van der Waals surface area contributed by atoms with Gasteiger partial charge in [0.2, 0.25) is 0 Å². The normalized spacial score (nSPS) is 21.4. The molecule has 0 spiro atoms. The van der Waals surface area contributed by atoms with E-state index >= 15 is 0 Å². The predicted molar refractivity (Wildman–Crippen MR) is 93.9 cm³/mol. The summed E-state index contributed by atoms with van der Waals surface area (Å²) in [7, 11) is 0. The molecular formula is C19H25N3O4. The zero-order valence-electron chi connectivity index (χ0n) is 14.9. The van der Waals surface area contributed by atoms with Crippen molar-refractivity contribution in [2.24, 2.45) is 0 Å². The van der Waals surface area contributed by atoms with E-state index in [1.165, 1.54) is 0 Å². The van der Waals surface area contributed by atoms with Gasteiger partial charge in [-0.25, -0.2) is 4.98 Å². The highest BCUT2D eigenvalue weighted by Gasteiger charge is 2.27. The SMILES string of the molecule is O=C(c1ccc(Cn2ccnc2)o1)N1CCC(OCC2CCCO2)CC1. The van der Waals surface area contributed by atoms with Crippen LogP contribution in [0.15, 0.2) is 35.3 Å². The van der Waals surface area contributed by atoms with E-state index in [-0.39, 0.29) is 18.1 Å². The number of furan rings is 1. The first kappa shape index (κ1) is 17.3. The molecule has 26 heavy (non-hydrogen) atoms. The van der Waals surface area contributed by atoms with E-state index in [4.69, 9.17) is 13.9 Å². The fourth-order valence-corrected chi connectivity index (χ4v) is 3.54. The molecule has 2 fully saturated rings. The molecule has 4 rings (SSSR count). The van der Waals surface area contributed by atoms with E-state index in [1.807, 2.05) is 21.7 Å². The Labute approximate surface area is 152 Å². The molecule has 0 radical (unpaired) electrons. The lowest BCUT2D eigenvalue weighted by Gasteiger charge is -2.31. The number of hydrogen-bond acceptors (Lipinski definition) is 5. The second-order valence-corrected chi connectivity index (χ2v) is 6.96. The van der Waals surface area contributed by atoms with Crippen LogP contribution in [0.25, 0.3) is 0 Å². The van der Waals surface area contributed by atoms with Crippen LogP contribution in [0, 0.1) is 0 Å². The molecule has 1 amide bonds. The Morgan fingerprint density at radius 3 is 2.88 bits per heavy atom. The van der Waals surface area contributed by atoms with Crippen molar-refractivity contribution in [2.75, 3.05) is 26.3 Å². The molecule has 4 heterocycles. The number of likely N-dealkylation sites (tertiary alicyclic amines) is 1. The molecule has 0 aromatic carbocycles. The number of piperidine rings is 1. The molecule has 1 atom stereocenters. The summed E-state index contributed by atoms with van der Waals surface area (Å²) in [4.78, 5) is 18.5. The molecular weight excluding hydrogens is 334 g/mol. The molecule has 7 heteroatoms. The molecule has 2 saturated heterocycles. The minimum atomic E-state index is -0.0422. The minimum Gasteiger partial charge on any atom is -0.454 e. The van der Waals surface area contributed by atoms with Gasteiger partial charge in [0.15, 0.2) is 5.76 Å². The van der Waals surface area contributed by atoms with Gasteiger partial charge in [0, 0.05) is 32.1 Å². The molecule has 0 N–H and O–H groups in total. The molecule has 0 aliphatic carbocycles. The van der Waals surface area contributed by atoms with E-state index in [9.17, 15) is 4.79 Å². The summed E-state index contributed by atoms with van der Waals surface area (Å²) >= 11 is 0. The number of aromatic nitrogens is 2. The Morgan fingerprint density at radius 1 is 1.27 bits per heavy atom. The first-order valence-corrected chi connectivity index (χ1v) is 9.35. The molecule has 2 aromatic rings. The Balaban J connectivity index is 1.25. The lowest BCUT2D eigenvalue weighted by Crippen LogP contribution is -2.41. The van der Waals surface area contributed by atoms with Crippen molar-refractivity contribution in [3.8, 4) is 0 Å². The van der Waals surface area contributed by atoms with Gasteiger partial charge >= 0.3 is 0 Å². The predicted octanol–water partition coefficient (Wildman–Crippen LogP) is 2.32. The van der Waals surface area contributed by atoms with Crippen LogP contribution in [-0.2, 0) is 16.0 Å². The van der Waals surface area contributed by atoms with E-state index in [1.54, 1.807) is 18.6 Å². The van der Waals surface area contributed by atoms with Crippen molar-refractivity contribution in [1.82, 2.24) is 14.5 Å². The van der Waals surface area contributed by atoms with Crippen molar-refractivity contribution in [3.63, 3.8) is 0 Å². The molecule has 2 aromatic heterocycles. The van der Waals surface area contributed by atoms with E-state index in [0.29, 0.717) is 32.0 Å². The fraction of sp³-hybridized carbons (Fsp3) is 0.579. The van der Waals surface area contributed by atoms with Gasteiger partial charge in [-0.2, -0.15) is 0 Å². The van der Waals surface area contributed by atoms with Crippen molar-refractivity contribution >= 4 is 5.91 Å². The summed E-state index contributed by atoms with van der Waals surface area (Å²) < 4.78 is 19.2. The van der Waals surface area contributed by atoms with Crippen LogP contribution in [-0.4, -0.2) is 58.9 Å². The Morgan fingerprint density at radius 2 is 2.15 bits per heavy atom. The van der Waals surface area contributed by atoms with Crippen LogP contribution in [0.2, 0.25) is 0 Å². The molecule has 1 unspecified atom stereocenters. The van der Waals surface area contributed by atoms with Crippen molar-refractivity contribution in [2.45, 2.75) is 44.4 Å². The fourth-order valence-electron chi connectivity index (χ4n) is 3.54. The Bertz CT molecular complexity index is 698. The molecule has 140 valence electrons. The second kappa shape index (κ2) is 8.05. The van der Waals surface area contributed by atoms with Gasteiger partial charge in [0.05, 0.1) is 31.7 Å². The Kier molecular flexibility index (Phi) is 5.36. The summed E-state index contributed by atoms with van der Waals surface area (Å²) in [5, 5.41) is 0. The van der Waals surface area contributed by atoms with Gasteiger partial charge in [-0.15, -0.1) is 0 Å². The quantitative estimate of drug-likeness (QED) is 0.792. The first-order valence-electron chi connectivity index (χ1n) is 9.35. The average molecular weight is 359 g/mol. The molecule has 0 saturated carbocycles. The third kappa shape index (κ3) is 4.16. The van der Waals surface area contributed by atoms with Crippen molar-refractivity contribution in [3.05, 3.63) is 42.4 Å². The van der Waals surface area contributed by atoms with Gasteiger partial charge < -0.3 is 23.4 Å². The smallest absolute Gasteiger partial charge is 0.289 e. The minimum absolute atomic E-state index is 0.0422. The highest BCUT2D eigenvalue weighted by Crippen LogP contribution is 2.20. The van der Waals surface area contributed by atoms with Crippen LogP contribution in [0.4, 0.5) is 0 Å². The monoisotopic (exact) mass is 359 g/mol. The van der Waals surface area contributed by atoms with Gasteiger partial charge in [0.1, 0.15) is 5.76 Å². The van der Waals surface area contributed by atoms with Crippen molar-refractivity contribution < 1.29 is 18.7 Å². The highest BCUT2D eigenvalue weighted by molar-refractivity contribution is 5.91. The van der Waals surface area contributed by atoms with Crippen LogP contribution in [0.5, 0.6) is 0 Å². The third-order valence-electron chi connectivity index (χ3n) is 5.04. The number of imidazole rings is 1. The average Bonchev–Trinajstić information content (AvgIpc) is 3.43. The maximum Gasteiger partial charge on any atom is 0.289 e. The maximum absolute atomic E-state index is 12.6. The van der Waals surface area contributed by atoms with Gasteiger partial charge in [-0.05, 0) is 37.8 Å². The molecule has 7 nitrogen and oxygen atoms in total. The van der Waals surface area contributed by atoms with Crippen LogP contribution in [0.3, 0.4) is 0 Å². The van der Waals surface area contributed by atoms with Gasteiger partial charge in [0.25, 0.3) is 5.91 Å². The lowest BCUT2D eigenvalue weighted by atomic mass is 10.1. The number of rotatable bonds is 6. The summed E-state index contributed by atoms with van der Waals surface area (Å²) in [6.45, 7) is 3.51. The summed E-state index contributed by atoms with van der Waals surface area (Å²) in [6, 6.07) is 3.61. The van der Waals surface area contributed by atoms with Crippen LogP contribution in [0.1, 0.15) is 42.0 Å². The number of nitrogens with zero attached hydrogens (tertiary/aromatic N) is 3. The number of carbonyl (C=O) groups excluding carboxylic acids is 1. The number of carbonyl (C=O) groups is 1.